The predicted octanol–water partition coefficient (Wildman–Crippen LogP) is 4.08. The van der Waals surface area contributed by atoms with Crippen LogP contribution in [-0.2, 0) is 21.2 Å². The van der Waals surface area contributed by atoms with Gasteiger partial charge < -0.3 is 5.32 Å². The highest BCUT2D eigenvalue weighted by Crippen LogP contribution is 2.20. The van der Waals surface area contributed by atoms with E-state index in [9.17, 15) is 17.6 Å². The fourth-order valence-electron chi connectivity index (χ4n) is 2.84. The van der Waals surface area contributed by atoms with Crippen LogP contribution in [0.4, 0.5) is 10.1 Å². The maximum atomic E-state index is 13.2. The van der Waals surface area contributed by atoms with Gasteiger partial charge in [0.05, 0.1) is 4.90 Å². The molecule has 2 N–H and O–H groups in total. The molecule has 0 aliphatic rings. The van der Waals surface area contributed by atoms with Gasteiger partial charge in [-0.05, 0) is 60.7 Å². The van der Waals surface area contributed by atoms with Crippen molar-refractivity contribution in [1.29, 1.82) is 0 Å². The average molecular weight is 445 g/mol. The molecule has 0 radical (unpaired) electrons. The van der Waals surface area contributed by atoms with Crippen LogP contribution in [0, 0.1) is 5.82 Å². The Labute approximate surface area is 179 Å². The number of nitrogens with one attached hydrogen (secondary N) is 2. The van der Waals surface area contributed by atoms with Gasteiger partial charge in [0.2, 0.25) is 15.9 Å². The zero-order valence-electron chi connectivity index (χ0n) is 16.2. The number of carbonyl (C=O) groups excluding carboxylic acids is 1. The maximum Gasteiger partial charge on any atom is 0.242 e. The van der Waals surface area contributed by atoms with Crippen LogP contribution >= 0.6 is 11.8 Å². The topological polar surface area (TPSA) is 75.3 Å². The van der Waals surface area contributed by atoms with E-state index in [1.165, 1.54) is 11.8 Å². The molecule has 3 aromatic carbocycles. The molecule has 0 fully saturated rings. The molecule has 0 saturated carbocycles. The molecule has 3 aromatic rings. The van der Waals surface area contributed by atoms with Crippen molar-refractivity contribution in [3.05, 3.63) is 90.2 Å². The number of carbonyl (C=O) groups is 1. The van der Waals surface area contributed by atoms with Crippen molar-refractivity contribution < 1.29 is 17.6 Å². The van der Waals surface area contributed by atoms with Crippen LogP contribution in [0.2, 0.25) is 0 Å². The number of benzene rings is 3. The molecule has 1 amide bonds. The van der Waals surface area contributed by atoms with E-state index in [0.717, 1.165) is 34.7 Å². The summed E-state index contributed by atoms with van der Waals surface area (Å²) in [5, 5.41) is 2.78. The molecule has 0 spiro atoms. The number of sulfonamides is 1. The lowest BCUT2D eigenvalue weighted by Crippen LogP contribution is -2.45. The Morgan fingerprint density at radius 3 is 2.37 bits per heavy atom. The van der Waals surface area contributed by atoms with Crippen LogP contribution in [0.5, 0.6) is 0 Å². The zero-order chi connectivity index (χ0) is 21.6. The van der Waals surface area contributed by atoms with E-state index in [-0.39, 0.29) is 11.3 Å². The van der Waals surface area contributed by atoms with E-state index < -0.39 is 27.8 Å². The minimum absolute atomic E-state index is 0.112. The summed E-state index contributed by atoms with van der Waals surface area (Å²) in [6.45, 7) is 0. The van der Waals surface area contributed by atoms with Crippen LogP contribution in [-0.4, -0.2) is 26.6 Å². The van der Waals surface area contributed by atoms with Gasteiger partial charge in [-0.3, -0.25) is 4.79 Å². The van der Waals surface area contributed by atoms with Gasteiger partial charge in [0.1, 0.15) is 11.9 Å². The monoisotopic (exact) mass is 444 g/mol. The van der Waals surface area contributed by atoms with E-state index in [2.05, 4.69) is 10.0 Å². The Kier molecular flexibility index (Phi) is 7.25. The molecule has 0 aromatic heterocycles. The Hall–Kier alpha value is -2.68. The number of hydrogen-bond acceptors (Lipinski definition) is 4. The third kappa shape index (κ3) is 5.91. The molecule has 0 bridgehead atoms. The molecule has 0 unspecified atom stereocenters. The summed E-state index contributed by atoms with van der Waals surface area (Å²) in [4.78, 5) is 13.8. The number of anilines is 1. The summed E-state index contributed by atoms with van der Waals surface area (Å²) in [6.07, 6.45) is 2.09. The fourth-order valence-corrected chi connectivity index (χ4v) is 4.49. The molecular formula is C22H21FN2O3S2. The van der Waals surface area contributed by atoms with Gasteiger partial charge in [-0.1, -0.05) is 36.4 Å². The van der Waals surface area contributed by atoms with Crippen molar-refractivity contribution in [2.75, 3.05) is 11.6 Å². The first kappa shape index (κ1) is 22.0. The summed E-state index contributed by atoms with van der Waals surface area (Å²) in [5.41, 5.74) is 1.38. The van der Waals surface area contributed by atoms with Gasteiger partial charge in [-0.25, -0.2) is 12.8 Å². The Balaban J connectivity index is 1.85. The molecule has 5 nitrogen and oxygen atoms in total. The fraction of sp³-hybridized carbons (Fsp3) is 0.136. The van der Waals surface area contributed by atoms with Crippen LogP contribution in [0.25, 0.3) is 0 Å². The first-order valence-corrected chi connectivity index (χ1v) is 11.8. The van der Waals surface area contributed by atoms with Gasteiger partial charge in [0, 0.05) is 10.6 Å². The molecule has 8 heteroatoms. The third-order valence-corrected chi connectivity index (χ3v) is 6.57. The second-order valence-electron chi connectivity index (χ2n) is 6.54. The van der Waals surface area contributed by atoms with E-state index in [1.54, 1.807) is 6.07 Å². The third-order valence-electron chi connectivity index (χ3n) is 4.36. The number of halogens is 1. The highest BCUT2D eigenvalue weighted by Gasteiger charge is 2.26. The SMILES string of the molecule is CSc1cccc(NC(=O)[C@H](Cc2ccccc2)NS(=O)(=O)c2ccc(F)cc2)c1. The van der Waals surface area contributed by atoms with Crippen molar-refractivity contribution in [3.8, 4) is 0 Å². The highest BCUT2D eigenvalue weighted by molar-refractivity contribution is 7.98. The summed E-state index contributed by atoms with van der Waals surface area (Å²) in [6, 6.07) is 19.8. The van der Waals surface area contributed by atoms with E-state index in [4.69, 9.17) is 0 Å². The Bertz CT molecular complexity index is 1100. The largest absolute Gasteiger partial charge is 0.325 e. The Morgan fingerprint density at radius 1 is 1.00 bits per heavy atom. The second kappa shape index (κ2) is 9.88. The van der Waals surface area contributed by atoms with Crippen LogP contribution in [0.1, 0.15) is 5.56 Å². The maximum absolute atomic E-state index is 13.2. The number of thioether (sulfide) groups is 1. The molecule has 156 valence electrons. The molecule has 0 heterocycles. The summed E-state index contributed by atoms with van der Waals surface area (Å²) >= 11 is 1.54. The normalized spacial score (nSPS) is 12.3. The van der Waals surface area contributed by atoms with Crippen LogP contribution in [0.15, 0.2) is 88.7 Å². The van der Waals surface area contributed by atoms with Crippen molar-refractivity contribution >= 4 is 33.4 Å². The quantitative estimate of drug-likeness (QED) is 0.514. The summed E-state index contributed by atoms with van der Waals surface area (Å²) in [5.74, 6) is -1.02. The Morgan fingerprint density at radius 2 is 1.70 bits per heavy atom. The average Bonchev–Trinajstić information content (AvgIpc) is 2.74. The van der Waals surface area contributed by atoms with Crippen LogP contribution in [0.3, 0.4) is 0 Å². The summed E-state index contributed by atoms with van der Waals surface area (Å²) in [7, 11) is -4.03. The lowest BCUT2D eigenvalue weighted by Gasteiger charge is -2.19. The van der Waals surface area contributed by atoms with Gasteiger partial charge in [0.25, 0.3) is 0 Å². The van der Waals surface area contributed by atoms with Gasteiger partial charge in [-0.2, -0.15) is 4.72 Å². The van der Waals surface area contributed by atoms with E-state index in [1.807, 2.05) is 54.8 Å². The molecule has 30 heavy (non-hydrogen) atoms. The lowest BCUT2D eigenvalue weighted by atomic mass is 10.1. The van der Waals surface area contributed by atoms with Crippen molar-refractivity contribution in [3.63, 3.8) is 0 Å². The first-order valence-electron chi connectivity index (χ1n) is 9.14. The van der Waals surface area contributed by atoms with Crippen molar-refractivity contribution in [2.45, 2.75) is 22.3 Å². The van der Waals surface area contributed by atoms with E-state index >= 15 is 0 Å². The minimum atomic E-state index is -4.03. The second-order valence-corrected chi connectivity index (χ2v) is 9.13. The zero-order valence-corrected chi connectivity index (χ0v) is 17.8. The smallest absolute Gasteiger partial charge is 0.242 e. The number of rotatable bonds is 8. The van der Waals surface area contributed by atoms with E-state index in [0.29, 0.717) is 5.69 Å². The lowest BCUT2D eigenvalue weighted by molar-refractivity contribution is -0.117. The highest BCUT2D eigenvalue weighted by atomic mass is 32.2. The van der Waals surface area contributed by atoms with Gasteiger partial charge in [-0.15, -0.1) is 11.8 Å². The minimum Gasteiger partial charge on any atom is -0.325 e. The molecule has 3 rings (SSSR count). The first-order chi connectivity index (χ1) is 14.4. The van der Waals surface area contributed by atoms with Crippen molar-refractivity contribution in [1.82, 2.24) is 4.72 Å². The van der Waals surface area contributed by atoms with Crippen molar-refractivity contribution in [2.24, 2.45) is 0 Å². The molecule has 1 atom stereocenters. The summed E-state index contributed by atoms with van der Waals surface area (Å²) < 4.78 is 41.2. The van der Waals surface area contributed by atoms with Gasteiger partial charge >= 0.3 is 0 Å². The molecule has 0 aliphatic carbocycles. The van der Waals surface area contributed by atoms with Gasteiger partial charge in [0.15, 0.2) is 0 Å². The number of hydrogen-bond donors (Lipinski definition) is 2. The molecular weight excluding hydrogens is 423 g/mol. The number of amides is 1. The molecule has 0 saturated heterocycles. The molecule has 0 aliphatic heterocycles. The standard InChI is InChI=1S/C22H21FN2O3S2/c1-29-19-9-5-8-18(15-19)24-22(26)21(14-16-6-3-2-4-7-16)25-30(27,28)20-12-10-17(23)11-13-20/h2-13,15,21,25H,14H2,1H3,(H,24,26)/t21-/m0/s1. The predicted molar refractivity (Wildman–Crippen MR) is 118 cm³/mol. The van der Waals surface area contributed by atoms with Crippen LogP contribution < -0.4 is 10.0 Å².